The molecule has 0 amide bonds. The zero-order valence-corrected chi connectivity index (χ0v) is 18.0. The van der Waals surface area contributed by atoms with E-state index in [-0.39, 0.29) is 6.10 Å². The van der Waals surface area contributed by atoms with Crippen LogP contribution < -0.4 is 4.74 Å². The molecule has 0 heterocycles. The highest BCUT2D eigenvalue weighted by molar-refractivity contribution is 5.24. The second kappa shape index (κ2) is 15.2. The molecule has 154 valence electrons. The fraction of sp³-hybridized carbons (Fsp3) is 0.556. The van der Waals surface area contributed by atoms with Crippen molar-refractivity contribution in [1.82, 2.24) is 0 Å². The van der Waals surface area contributed by atoms with Gasteiger partial charge >= 0.3 is 0 Å². The molecular weight excluding hydrogens is 340 g/mol. The summed E-state index contributed by atoms with van der Waals surface area (Å²) < 4.78 is 6.30. The maximum Gasteiger partial charge on any atom is 0.124 e. The summed E-state index contributed by atoms with van der Waals surface area (Å²) in [6.07, 6.45) is 17.9. The zero-order valence-electron chi connectivity index (χ0n) is 18.0. The summed E-state index contributed by atoms with van der Waals surface area (Å²) in [4.78, 5) is 0. The normalized spacial score (nSPS) is 12.0. The molecular formula is C27H40O. The molecule has 2 rings (SSSR count). The van der Waals surface area contributed by atoms with Gasteiger partial charge in [-0.15, -0.1) is 0 Å². The van der Waals surface area contributed by atoms with Crippen molar-refractivity contribution < 1.29 is 4.74 Å². The molecule has 0 spiro atoms. The molecule has 0 aliphatic heterocycles. The number of hydrogen-bond acceptors (Lipinski definition) is 1. The van der Waals surface area contributed by atoms with E-state index in [4.69, 9.17) is 4.74 Å². The Morgan fingerprint density at radius 3 is 1.57 bits per heavy atom. The highest BCUT2D eigenvalue weighted by Gasteiger charge is 2.12. The molecule has 0 saturated carbocycles. The maximum atomic E-state index is 6.30. The van der Waals surface area contributed by atoms with E-state index in [1.807, 2.05) is 18.2 Å². The smallest absolute Gasteiger partial charge is 0.124 e. The molecule has 0 aliphatic rings. The first-order valence-corrected chi connectivity index (χ1v) is 11.7. The molecule has 1 nitrogen and oxygen atoms in total. The Kier molecular flexibility index (Phi) is 12.2. The van der Waals surface area contributed by atoms with Gasteiger partial charge in [-0.05, 0) is 30.5 Å². The number of unbranched alkanes of at least 4 members (excludes halogenated alkanes) is 11. The van der Waals surface area contributed by atoms with Gasteiger partial charge in [0.25, 0.3) is 0 Å². The third-order valence-electron chi connectivity index (χ3n) is 5.51. The monoisotopic (exact) mass is 380 g/mol. The number of para-hydroxylation sites is 1. The quantitative estimate of drug-likeness (QED) is 0.264. The standard InChI is InChI=1S/C27H40O/c1-2-3-4-5-6-7-8-9-10-11-12-19-24-27(25-20-15-13-16-21-25)28-26-22-17-14-18-23-26/h13-18,20-23,27H,2-12,19,24H2,1H3. The fourth-order valence-corrected chi connectivity index (χ4v) is 3.80. The number of benzene rings is 2. The van der Waals surface area contributed by atoms with Crippen LogP contribution in [0.3, 0.4) is 0 Å². The van der Waals surface area contributed by atoms with Gasteiger partial charge in [0.05, 0.1) is 0 Å². The van der Waals surface area contributed by atoms with E-state index in [0.717, 1.165) is 12.2 Å². The topological polar surface area (TPSA) is 9.23 Å². The first-order valence-electron chi connectivity index (χ1n) is 11.7. The average molecular weight is 381 g/mol. The first-order chi connectivity index (χ1) is 13.9. The zero-order chi connectivity index (χ0) is 19.7. The summed E-state index contributed by atoms with van der Waals surface area (Å²) in [5.41, 5.74) is 1.29. The SMILES string of the molecule is CCCCCCCCCCCCCCC(Oc1ccccc1)c1ccccc1. The van der Waals surface area contributed by atoms with E-state index in [1.165, 1.54) is 82.6 Å². The van der Waals surface area contributed by atoms with E-state index in [9.17, 15) is 0 Å². The third kappa shape index (κ3) is 9.97. The second-order valence-electron chi connectivity index (χ2n) is 8.01. The van der Waals surface area contributed by atoms with Gasteiger partial charge in [-0.3, -0.25) is 0 Å². The third-order valence-corrected chi connectivity index (χ3v) is 5.51. The molecule has 0 N–H and O–H groups in total. The summed E-state index contributed by atoms with van der Waals surface area (Å²) in [5, 5.41) is 0. The van der Waals surface area contributed by atoms with Crippen LogP contribution >= 0.6 is 0 Å². The molecule has 0 aromatic heterocycles. The largest absolute Gasteiger partial charge is 0.486 e. The lowest BCUT2D eigenvalue weighted by atomic mass is 10.0. The summed E-state index contributed by atoms with van der Waals surface area (Å²) in [5.74, 6) is 0.968. The van der Waals surface area contributed by atoms with E-state index in [2.05, 4.69) is 49.4 Å². The minimum absolute atomic E-state index is 0.159. The van der Waals surface area contributed by atoms with Crippen LogP contribution in [0.15, 0.2) is 60.7 Å². The van der Waals surface area contributed by atoms with Crippen molar-refractivity contribution in [3.05, 3.63) is 66.2 Å². The number of hydrogen-bond donors (Lipinski definition) is 0. The van der Waals surface area contributed by atoms with Crippen LogP contribution in [0.5, 0.6) is 5.75 Å². The van der Waals surface area contributed by atoms with Crippen molar-refractivity contribution in [1.29, 1.82) is 0 Å². The molecule has 28 heavy (non-hydrogen) atoms. The van der Waals surface area contributed by atoms with Crippen LogP contribution in [0.2, 0.25) is 0 Å². The van der Waals surface area contributed by atoms with Crippen LogP contribution in [0.25, 0.3) is 0 Å². The second-order valence-corrected chi connectivity index (χ2v) is 8.01. The van der Waals surface area contributed by atoms with Crippen molar-refractivity contribution in [3.63, 3.8) is 0 Å². The van der Waals surface area contributed by atoms with Gasteiger partial charge in [0.15, 0.2) is 0 Å². The van der Waals surface area contributed by atoms with Gasteiger partial charge in [-0.25, -0.2) is 0 Å². The molecule has 0 bridgehead atoms. The molecule has 0 fully saturated rings. The minimum atomic E-state index is 0.159. The van der Waals surface area contributed by atoms with Crippen LogP contribution in [0.4, 0.5) is 0 Å². The van der Waals surface area contributed by atoms with Gasteiger partial charge in [0.1, 0.15) is 11.9 Å². The summed E-state index contributed by atoms with van der Waals surface area (Å²) in [7, 11) is 0. The predicted octanol–water partition coefficient (Wildman–Crippen LogP) is 8.90. The fourth-order valence-electron chi connectivity index (χ4n) is 3.80. The van der Waals surface area contributed by atoms with Crippen LogP contribution in [0, 0.1) is 0 Å². The lowest BCUT2D eigenvalue weighted by Crippen LogP contribution is -2.07. The summed E-state index contributed by atoms with van der Waals surface area (Å²) in [6, 6.07) is 20.9. The van der Waals surface area contributed by atoms with Crippen molar-refractivity contribution in [2.24, 2.45) is 0 Å². The van der Waals surface area contributed by atoms with Crippen molar-refractivity contribution in [2.75, 3.05) is 0 Å². The molecule has 0 radical (unpaired) electrons. The van der Waals surface area contributed by atoms with E-state index in [0.29, 0.717) is 0 Å². The van der Waals surface area contributed by atoms with Crippen molar-refractivity contribution in [2.45, 2.75) is 96.5 Å². The van der Waals surface area contributed by atoms with Crippen LogP contribution in [0.1, 0.15) is 102 Å². The summed E-state index contributed by atoms with van der Waals surface area (Å²) >= 11 is 0. The van der Waals surface area contributed by atoms with Gasteiger partial charge in [-0.2, -0.15) is 0 Å². The van der Waals surface area contributed by atoms with E-state index in [1.54, 1.807) is 0 Å². The van der Waals surface area contributed by atoms with Crippen molar-refractivity contribution >= 4 is 0 Å². The Balaban J connectivity index is 1.59. The van der Waals surface area contributed by atoms with Crippen LogP contribution in [-0.4, -0.2) is 0 Å². The first kappa shape index (κ1) is 22.5. The average Bonchev–Trinajstić information content (AvgIpc) is 2.75. The number of ether oxygens (including phenoxy) is 1. The van der Waals surface area contributed by atoms with Gasteiger partial charge in [0, 0.05) is 0 Å². The predicted molar refractivity (Wildman–Crippen MR) is 122 cm³/mol. The molecule has 2 aromatic rings. The Bertz CT molecular complexity index is 578. The van der Waals surface area contributed by atoms with E-state index < -0.39 is 0 Å². The van der Waals surface area contributed by atoms with Crippen molar-refractivity contribution in [3.8, 4) is 5.75 Å². The van der Waals surface area contributed by atoms with E-state index >= 15 is 0 Å². The Morgan fingerprint density at radius 2 is 1.04 bits per heavy atom. The van der Waals surface area contributed by atoms with Gasteiger partial charge in [0.2, 0.25) is 0 Å². The minimum Gasteiger partial charge on any atom is -0.486 e. The lowest BCUT2D eigenvalue weighted by molar-refractivity contribution is 0.190. The highest BCUT2D eigenvalue weighted by atomic mass is 16.5. The number of rotatable bonds is 16. The molecule has 1 atom stereocenters. The van der Waals surface area contributed by atoms with Crippen LogP contribution in [-0.2, 0) is 0 Å². The molecule has 0 saturated heterocycles. The Morgan fingerprint density at radius 1 is 0.571 bits per heavy atom. The molecule has 0 aliphatic carbocycles. The van der Waals surface area contributed by atoms with Gasteiger partial charge < -0.3 is 4.74 Å². The lowest BCUT2D eigenvalue weighted by Gasteiger charge is -2.19. The Labute approximate surface area is 173 Å². The Hall–Kier alpha value is -1.76. The molecule has 1 heteroatoms. The molecule has 2 aromatic carbocycles. The maximum absolute atomic E-state index is 6.30. The highest BCUT2D eigenvalue weighted by Crippen LogP contribution is 2.27. The van der Waals surface area contributed by atoms with Gasteiger partial charge in [-0.1, -0.05) is 126 Å². The summed E-state index contributed by atoms with van der Waals surface area (Å²) in [6.45, 7) is 2.29. The molecule has 1 unspecified atom stereocenters.